The highest BCUT2D eigenvalue weighted by Gasteiger charge is 2.33. The molecule has 1 aromatic heterocycles. The van der Waals surface area contributed by atoms with Gasteiger partial charge in [-0.25, -0.2) is 12.8 Å². The largest absolute Gasteiger partial charge is 0.467 e. The smallest absolute Gasteiger partial charge is 0.243 e. The second-order valence-corrected chi connectivity index (χ2v) is 7.89. The summed E-state index contributed by atoms with van der Waals surface area (Å²) in [4.78, 5) is 12.4. The van der Waals surface area contributed by atoms with Crippen molar-refractivity contribution in [2.24, 2.45) is 5.92 Å². The van der Waals surface area contributed by atoms with Gasteiger partial charge in [0.1, 0.15) is 11.6 Å². The Morgan fingerprint density at radius 2 is 2.04 bits per heavy atom. The lowest BCUT2D eigenvalue weighted by Gasteiger charge is -2.31. The van der Waals surface area contributed by atoms with Gasteiger partial charge >= 0.3 is 0 Å². The highest BCUT2D eigenvalue weighted by molar-refractivity contribution is 7.89. The number of benzene rings is 1. The molecule has 0 bridgehead atoms. The van der Waals surface area contributed by atoms with E-state index in [9.17, 15) is 17.6 Å². The first-order valence-corrected chi connectivity index (χ1v) is 9.46. The van der Waals surface area contributed by atoms with E-state index < -0.39 is 21.8 Å². The fourth-order valence-corrected chi connectivity index (χ4v) is 4.39. The molecule has 8 heteroatoms. The van der Waals surface area contributed by atoms with E-state index in [1.165, 1.54) is 22.7 Å². The van der Waals surface area contributed by atoms with Crippen molar-refractivity contribution in [2.75, 3.05) is 13.1 Å². The number of carbonyl (C=O) groups excluding carboxylic acids is 1. The Bertz CT molecular complexity index is 819. The maximum absolute atomic E-state index is 13.0. The van der Waals surface area contributed by atoms with Gasteiger partial charge in [-0.2, -0.15) is 4.31 Å². The van der Waals surface area contributed by atoms with Gasteiger partial charge in [-0.05, 0) is 49.2 Å². The van der Waals surface area contributed by atoms with Crippen molar-refractivity contribution in [1.29, 1.82) is 0 Å². The Hall–Kier alpha value is -2.19. The molecule has 0 spiro atoms. The summed E-state index contributed by atoms with van der Waals surface area (Å²) < 4.78 is 44.8. The molecular weight excluding hydrogens is 347 g/mol. The number of nitrogens with one attached hydrogen (secondary N) is 1. The Morgan fingerprint density at radius 1 is 1.28 bits per heavy atom. The van der Waals surface area contributed by atoms with Crippen molar-refractivity contribution in [3.8, 4) is 0 Å². The van der Waals surface area contributed by atoms with Gasteiger partial charge in [0, 0.05) is 13.1 Å². The molecule has 1 atom stereocenters. The number of carbonyl (C=O) groups is 1. The number of hydrogen-bond acceptors (Lipinski definition) is 4. The zero-order valence-corrected chi connectivity index (χ0v) is 14.3. The standard InChI is InChI=1S/C17H19FN2O4S/c18-14-5-7-16(8-6-14)25(22,23)20-9-1-3-13(12-20)17(21)19-11-15-4-2-10-24-15/h2,4-8,10,13H,1,3,9,11-12H2,(H,19,21)/t13-/m0/s1. The first-order chi connectivity index (χ1) is 12.0. The summed E-state index contributed by atoms with van der Waals surface area (Å²) in [5.41, 5.74) is 0. The molecule has 1 N–H and O–H groups in total. The summed E-state index contributed by atoms with van der Waals surface area (Å²) in [6.45, 7) is 0.735. The average Bonchev–Trinajstić information content (AvgIpc) is 3.14. The summed E-state index contributed by atoms with van der Waals surface area (Å²) >= 11 is 0. The van der Waals surface area contributed by atoms with Crippen molar-refractivity contribution < 1.29 is 22.0 Å². The zero-order valence-electron chi connectivity index (χ0n) is 13.5. The average molecular weight is 366 g/mol. The number of piperidine rings is 1. The van der Waals surface area contributed by atoms with Gasteiger partial charge in [0.15, 0.2) is 0 Å². The van der Waals surface area contributed by atoms with Crippen molar-refractivity contribution in [2.45, 2.75) is 24.3 Å². The molecular formula is C17H19FN2O4S. The van der Waals surface area contributed by atoms with E-state index >= 15 is 0 Å². The van der Waals surface area contributed by atoms with E-state index in [1.54, 1.807) is 12.1 Å². The molecule has 1 aromatic carbocycles. The molecule has 6 nitrogen and oxygen atoms in total. The van der Waals surface area contributed by atoms with Gasteiger partial charge in [0.25, 0.3) is 0 Å². The number of amides is 1. The highest BCUT2D eigenvalue weighted by atomic mass is 32.2. The molecule has 1 fully saturated rings. The molecule has 2 heterocycles. The second kappa shape index (κ2) is 7.37. The molecule has 0 unspecified atom stereocenters. The van der Waals surface area contributed by atoms with Crippen molar-refractivity contribution in [3.63, 3.8) is 0 Å². The summed E-state index contributed by atoms with van der Waals surface area (Å²) in [7, 11) is -3.74. The van der Waals surface area contributed by atoms with Gasteiger partial charge in [0.2, 0.25) is 15.9 Å². The Morgan fingerprint density at radius 3 is 2.72 bits per heavy atom. The highest BCUT2D eigenvalue weighted by Crippen LogP contribution is 2.24. The van der Waals surface area contributed by atoms with Crippen LogP contribution in [-0.4, -0.2) is 31.7 Å². The molecule has 0 radical (unpaired) electrons. The molecule has 1 saturated heterocycles. The molecule has 1 aliphatic heterocycles. The molecule has 3 rings (SSSR count). The molecule has 1 amide bonds. The van der Waals surface area contributed by atoms with E-state index in [-0.39, 0.29) is 23.9 Å². The number of hydrogen-bond donors (Lipinski definition) is 1. The van der Waals surface area contributed by atoms with Crippen LogP contribution in [0, 0.1) is 11.7 Å². The molecule has 134 valence electrons. The summed E-state index contributed by atoms with van der Waals surface area (Å²) in [5, 5.41) is 2.77. The third-order valence-corrected chi connectivity index (χ3v) is 6.10. The van der Waals surface area contributed by atoms with Crippen LogP contribution >= 0.6 is 0 Å². The molecule has 25 heavy (non-hydrogen) atoms. The third kappa shape index (κ3) is 4.08. The fraction of sp³-hybridized carbons (Fsp3) is 0.353. The van der Waals surface area contributed by atoms with Crippen LogP contribution in [-0.2, 0) is 21.4 Å². The SMILES string of the molecule is O=C(NCc1ccco1)[C@H]1CCCN(S(=O)(=O)c2ccc(F)cc2)C1. The monoisotopic (exact) mass is 366 g/mol. The topological polar surface area (TPSA) is 79.6 Å². The third-order valence-electron chi connectivity index (χ3n) is 4.22. The van der Waals surface area contributed by atoms with Gasteiger partial charge in [0.05, 0.1) is 23.6 Å². The van der Waals surface area contributed by atoms with E-state index in [0.29, 0.717) is 25.1 Å². The van der Waals surface area contributed by atoms with Crippen molar-refractivity contribution in [1.82, 2.24) is 9.62 Å². The minimum absolute atomic E-state index is 0.0329. The normalized spacial score (nSPS) is 18.8. The minimum atomic E-state index is -3.74. The van der Waals surface area contributed by atoms with Crippen LogP contribution in [0.3, 0.4) is 0 Å². The van der Waals surface area contributed by atoms with Gasteiger partial charge in [-0.15, -0.1) is 0 Å². The summed E-state index contributed by atoms with van der Waals surface area (Å²) in [6, 6.07) is 8.21. The minimum Gasteiger partial charge on any atom is -0.467 e. The molecule has 1 aliphatic rings. The lowest BCUT2D eigenvalue weighted by atomic mass is 9.99. The van der Waals surface area contributed by atoms with E-state index in [4.69, 9.17) is 4.42 Å². The van der Waals surface area contributed by atoms with Crippen LogP contribution in [0.2, 0.25) is 0 Å². The number of halogens is 1. The van der Waals surface area contributed by atoms with Crippen LogP contribution in [0.25, 0.3) is 0 Å². The van der Waals surface area contributed by atoms with Crippen LogP contribution < -0.4 is 5.32 Å². The molecule has 0 saturated carbocycles. The fourth-order valence-electron chi connectivity index (χ4n) is 2.86. The lowest BCUT2D eigenvalue weighted by Crippen LogP contribution is -2.45. The maximum atomic E-state index is 13.0. The predicted molar refractivity (Wildman–Crippen MR) is 88.4 cm³/mol. The Balaban J connectivity index is 1.65. The number of sulfonamides is 1. The van der Waals surface area contributed by atoms with Gasteiger partial charge < -0.3 is 9.73 Å². The first kappa shape index (κ1) is 17.6. The Kier molecular flexibility index (Phi) is 5.19. The molecule has 2 aromatic rings. The van der Waals surface area contributed by atoms with Crippen LogP contribution in [0.4, 0.5) is 4.39 Å². The molecule has 0 aliphatic carbocycles. The lowest BCUT2D eigenvalue weighted by molar-refractivity contribution is -0.126. The van der Waals surface area contributed by atoms with E-state index in [2.05, 4.69) is 5.32 Å². The van der Waals surface area contributed by atoms with E-state index in [0.717, 1.165) is 12.1 Å². The first-order valence-electron chi connectivity index (χ1n) is 8.02. The Labute approximate surface area is 145 Å². The quantitative estimate of drug-likeness (QED) is 0.879. The number of furan rings is 1. The number of nitrogens with zero attached hydrogens (tertiary/aromatic N) is 1. The number of rotatable bonds is 5. The van der Waals surface area contributed by atoms with Crippen molar-refractivity contribution in [3.05, 3.63) is 54.2 Å². The van der Waals surface area contributed by atoms with E-state index in [1.807, 2.05) is 0 Å². The van der Waals surface area contributed by atoms with Gasteiger partial charge in [-0.1, -0.05) is 0 Å². The summed E-state index contributed by atoms with van der Waals surface area (Å²) in [5.74, 6) is -0.470. The van der Waals surface area contributed by atoms with Gasteiger partial charge in [-0.3, -0.25) is 4.79 Å². The predicted octanol–water partition coefficient (Wildman–Crippen LogP) is 2.14. The van der Waals surface area contributed by atoms with Crippen LogP contribution in [0.5, 0.6) is 0 Å². The zero-order chi connectivity index (χ0) is 17.9. The maximum Gasteiger partial charge on any atom is 0.243 e. The van der Waals surface area contributed by atoms with Crippen LogP contribution in [0.15, 0.2) is 52.0 Å². The van der Waals surface area contributed by atoms with Crippen LogP contribution in [0.1, 0.15) is 18.6 Å². The second-order valence-electron chi connectivity index (χ2n) is 5.95. The summed E-state index contributed by atoms with van der Waals surface area (Å²) in [6.07, 6.45) is 2.75. The van der Waals surface area contributed by atoms with Crippen molar-refractivity contribution >= 4 is 15.9 Å².